The van der Waals surface area contributed by atoms with Crippen molar-refractivity contribution in [1.29, 1.82) is 0 Å². The van der Waals surface area contributed by atoms with Gasteiger partial charge in [0, 0.05) is 6.54 Å². The van der Waals surface area contributed by atoms with Gasteiger partial charge in [0.05, 0.1) is 24.4 Å². The lowest BCUT2D eigenvalue weighted by atomic mass is 10.2. The minimum absolute atomic E-state index is 0.146. The average Bonchev–Trinajstić information content (AvgIpc) is 1.98. The number of hydrogen-bond donors (Lipinski definition) is 2. The van der Waals surface area contributed by atoms with E-state index >= 15 is 0 Å². The summed E-state index contributed by atoms with van der Waals surface area (Å²) in [6.07, 6.45) is -0.382. The first-order valence-corrected chi connectivity index (χ1v) is 5.02. The van der Waals surface area contributed by atoms with E-state index < -0.39 is 6.10 Å². The molecule has 86 valence electrons. The van der Waals surface area contributed by atoms with Gasteiger partial charge in [-0.2, -0.15) is 5.48 Å². The second kappa shape index (κ2) is 6.35. The highest BCUT2D eigenvalue weighted by molar-refractivity contribution is 4.59. The van der Waals surface area contributed by atoms with E-state index in [0.717, 1.165) is 0 Å². The second-order valence-electron chi connectivity index (χ2n) is 4.60. The summed E-state index contributed by atoms with van der Waals surface area (Å²) in [4.78, 5) is 5.24. The Hall–Kier alpha value is -0.160. The van der Waals surface area contributed by atoms with Gasteiger partial charge >= 0.3 is 0 Å². The highest BCUT2D eigenvalue weighted by Gasteiger charge is 2.11. The van der Waals surface area contributed by atoms with Gasteiger partial charge in [-0.3, -0.25) is 4.84 Å². The lowest BCUT2D eigenvalue weighted by Crippen LogP contribution is -2.36. The normalized spacial score (nSPS) is 14.8. The Bertz CT molecular complexity index is 143. The number of hydrogen-bond acceptors (Lipinski definition) is 4. The van der Waals surface area contributed by atoms with Crippen LogP contribution >= 0.6 is 0 Å². The van der Waals surface area contributed by atoms with E-state index in [9.17, 15) is 5.11 Å². The van der Waals surface area contributed by atoms with Gasteiger partial charge in [-0.15, -0.1) is 0 Å². The molecule has 0 aromatic carbocycles. The van der Waals surface area contributed by atoms with Crippen molar-refractivity contribution in [2.75, 3.05) is 13.2 Å². The second-order valence-corrected chi connectivity index (χ2v) is 4.60. The number of rotatable bonds is 6. The molecule has 0 saturated heterocycles. The highest BCUT2D eigenvalue weighted by atomic mass is 16.7. The van der Waals surface area contributed by atoms with Crippen molar-refractivity contribution >= 4 is 0 Å². The number of nitrogens with one attached hydrogen (secondary N) is 1. The van der Waals surface area contributed by atoms with Crippen LogP contribution in [-0.2, 0) is 9.57 Å². The molecule has 0 bridgehead atoms. The summed E-state index contributed by atoms with van der Waals surface area (Å²) < 4.78 is 5.24. The highest BCUT2D eigenvalue weighted by Crippen LogP contribution is 2.03. The van der Waals surface area contributed by atoms with Crippen LogP contribution in [0.1, 0.15) is 34.6 Å². The van der Waals surface area contributed by atoms with Crippen molar-refractivity contribution in [3.05, 3.63) is 0 Å². The van der Waals surface area contributed by atoms with Crippen molar-refractivity contribution in [2.45, 2.75) is 52.4 Å². The molecule has 0 radical (unpaired) electrons. The number of aliphatic hydroxyl groups is 1. The molecule has 0 aromatic heterocycles. The third-order valence-electron chi connectivity index (χ3n) is 1.32. The zero-order chi connectivity index (χ0) is 11.2. The van der Waals surface area contributed by atoms with E-state index in [4.69, 9.17) is 9.57 Å². The van der Waals surface area contributed by atoms with Crippen molar-refractivity contribution < 1.29 is 14.7 Å². The maximum absolute atomic E-state index is 9.43. The standard InChI is InChI=1S/C10H23NO3/c1-8(2)13-7-9(12)6-11-14-10(3,4)5/h8-9,11-12H,6-7H2,1-5H3. The fraction of sp³-hybridized carbons (Fsp3) is 1.00. The summed E-state index contributed by atoms with van der Waals surface area (Å²) >= 11 is 0. The molecular weight excluding hydrogens is 182 g/mol. The van der Waals surface area contributed by atoms with Crippen LogP contribution < -0.4 is 5.48 Å². The summed E-state index contributed by atoms with van der Waals surface area (Å²) in [5, 5.41) is 9.43. The van der Waals surface area contributed by atoms with Crippen LogP contribution in [-0.4, -0.2) is 36.1 Å². The largest absolute Gasteiger partial charge is 0.389 e. The van der Waals surface area contributed by atoms with E-state index in [0.29, 0.717) is 13.2 Å². The molecule has 0 spiro atoms. The van der Waals surface area contributed by atoms with Gasteiger partial charge in [-0.1, -0.05) is 0 Å². The molecule has 0 aliphatic heterocycles. The predicted octanol–water partition coefficient (Wildman–Crippen LogP) is 1.09. The Balaban J connectivity index is 3.40. The van der Waals surface area contributed by atoms with E-state index in [1.165, 1.54) is 0 Å². The van der Waals surface area contributed by atoms with Crippen LogP contribution in [0.25, 0.3) is 0 Å². The minimum atomic E-state index is -0.528. The Morgan fingerprint density at radius 3 is 2.29 bits per heavy atom. The molecule has 4 nitrogen and oxygen atoms in total. The maximum atomic E-state index is 9.43. The van der Waals surface area contributed by atoms with E-state index in [1.54, 1.807) is 0 Å². The number of hydroxylamine groups is 1. The van der Waals surface area contributed by atoms with Crippen LogP contribution in [0.3, 0.4) is 0 Å². The molecule has 0 saturated carbocycles. The van der Waals surface area contributed by atoms with Crippen LogP contribution in [0.5, 0.6) is 0 Å². The minimum Gasteiger partial charge on any atom is -0.389 e. The Labute approximate surface area is 86.5 Å². The average molecular weight is 205 g/mol. The first-order chi connectivity index (χ1) is 6.31. The molecule has 0 rings (SSSR count). The fourth-order valence-corrected chi connectivity index (χ4v) is 0.717. The molecule has 0 aliphatic rings. The lowest BCUT2D eigenvalue weighted by Gasteiger charge is -2.21. The van der Waals surface area contributed by atoms with Gasteiger partial charge in [-0.05, 0) is 34.6 Å². The van der Waals surface area contributed by atoms with Crippen molar-refractivity contribution in [3.8, 4) is 0 Å². The van der Waals surface area contributed by atoms with Crippen LogP contribution in [0, 0.1) is 0 Å². The first-order valence-electron chi connectivity index (χ1n) is 5.02. The smallest absolute Gasteiger partial charge is 0.0921 e. The van der Waals surface area contributed by atoms with Gasteiger partial charge in [0.25, 0.3) is 0 Å². The predicted molar refractivity (Wildman–Crippen MR) is 55.9 cm³/mol. The Kier molecular flexibility index (Phi) is 6.27. The van der Waals surface area contributed by atoms with Crippen molar-refractivity contribution in [1.82, 2.24) is 5.48 Å². The quantitative estimate of drug-likeness (QED) is 0.637. The molecule has 1 atom stereocenters. The van der Waals surface area contributed by atoms with Gasteiger partial charge in [0.2, 0.25) is 0 Å². The zero-order valence-electron chi connectivity index (χ0n) is 9.83. The van der Waals surface area contributed by atoms with E-state index in [2.05, 4.69) is 5.48 Å². The molecule has 0 aromatic rings. The Morgan fingerprint density at radius 1 is 1.29 bits per heavy atom. The van der Waals surface area contributed by atoms with E-state index in [-0.39, 0.29) is 11.7 Å². The number of aliphatic hydroxyl groups excluding tert-OH is 1. The molecule has 1 unspecified atom stereocenters. The molecule has 2 N–H and O–H groups in total. The van der Waals surface area contributed by atoms with Crippen LogP contribution in [0.2, 0.25) is 0 Å². The summed E-state index contributed by atoms with van der Waals surface area (Å²) in [7, 11) is 0. The third-order valence-corrected chi connectivity index (χ3v) is 1.32. The zero-order valence-corrected chi connectivity index (χ0v) is 9.83. The van der Waals surface area contributed by atoms with Crippen LogP contribution in [0.15, 0.2) is 0 Å². The van der Waals surface area contributed by atoms with Gasteiger partial charge in [0.15, 0.2) is 0 Å². The summed E-state index contributed by atoms with van der Waals surface area (Å²) in [6.45, 7) is 10.4. The lowest BCUT2D eigenvalue weighted by molar-refractivity contribution is -0.0917. The molecular formula is C10H23NO3. The van der Waals surface area contributed by atoms with Crippen molar-refractivity contribution in [3.63, 3.8) is 0 Å². The van der Waals surface area contributed by atoms with Crippen LogP contribution in [0.4, 0.5) is 0 Å². The molecule has 0 amide bonds. The number of ether oxygens (including phenoxy) is 1. The monoisotopic (exact) mass is 205 g/mol. The summed E-state index contributed by atoms with van der Waals surface area (Å²) in [5.41, 5.74) is 2.48. The van der Waals surface area contributed by atoms with Crippen molar-refractivity contribution in [2.24, 2.45) is 0 Å². The molecule has 0 fully saturated rings. The summed E-state index contributed by atoms with van der Waals surface area (Å²) in [6, 6.07) is 0. The fourth-order valence-electron chi connectivity index (χ4n) is 0.717. The summed E-state index contributed by atoms with van der Waals surface area (Å²) in [5.74, 6) is 0. The third kappa shape index (κ3) is 9.92. The molecule has 4 heteroatoms. The molecule has 0 heterocycles. The Morgan fingerprint density at radius 2 is 1.86 bits per heavy atom. The SMILES string of the molecule is CC(C)OCC(O)CNOC(C)(C)C. The molecule has 14 heavy (non-hydrogen) atoms. The maximum Gasteiger partial charge on any atom is 0.0921 e. The van der Waals surface area contributed by atoms with Gasteiger partial charge in [-0.25, -0.2) is 0 Å². The first kappa shape index (κ1) is 13.8. The van der Waals surface area contributed by atoms with E-state index in [1.807, 2.05) is 34.6 Å². The van der Waals surface area contributed by atoms with Gasteiger partial charge < -0.3 is 9.84 Å². The molecule has 0 aliphatic carbocycles. The topological polar surface area (TPSA) is 50.7 Å². The van der Waals surface area contributed by atoms with Gasteiger partial charge in [0.1, 0.15) is 0 Å².